The fourth-order valence-electron chi connectivity index (χ4n) is 2.33. The number of hydrogen-bond donors (Lipinski definition) is 1. The van der Waals surface area contributed by atoms with E-state index in [-0.39, 0.29) is 12.2 Å². The number of carbonyl (C=O) groups is 2. The van der Waals surface area contributed by atoms with Gasteiger partial charge >= 0.3 is 5.97 Å². The van der Waals surface area contributed by atoms with Crippen molar-refractivity contribution in [2.45, 2.75) is 71.1 Å². The first-order valence-electron chi connectivity index (χ1n) is 8.48. The van der Waals surface area contributed by atoms with E-state index in [9.17, 15) is 9.59 Å². The van der Waals surface area contributed by atoms with E-state index in [1.54, 1.807) is 17.4 Å². The lowest BCUT2D eigenvalue weighted by molar-refractivity contribution is -0.137. The first-order valence-corrected chi connectivity index (χ1v) is 9.36. The van der Waals surface area contributed by atoms with Gasteiger partial charge in [-0.2, -0.15) is 0 Å². The van der Waals surface area contributed by atoms with Crippen molar-refractivity contribution in [1.29, 1.82) is 0 Å². The summed E-state index contributed by atoms with van der Waals surface area (Å²) in [4.78, 5) is 27.6. The number of aromatic nitrogens is 1. The van der Waals surface area contributed by atoms with Crippen LogP contribution in [0.15, 0.2) is 11.6 Å². The molecule has 0 saturated heterocycles. The third kappa shape index (κ3) is 9.29. The second kappa shape index (κ2) is 12.0. The van der Waals surface area contributed by atoms with Crippen LogP contribution in [0.4, 0.5) is 0 Å². The van der Waals surface area contributed by atoms with Crippen LogP contribution in [0.2, 0.25) is 0 Å². The summed E-state index contributed by atoms with van der Waals surface area (Å²) in [5.41, 5.74) is 2.87. The second-order valence-electron chi connectivity index (χ2n) is 5.73. The summed E-state index contributed by atoms with van der Waals surface area (Å²) in [7, 11) is 0. The zero-order valence-electron chi connectivity index (χ0n) is 13.9. The molecule has 1 aromatic rings. The van der Waals surface area contributed by atoms with Gasteiger partial charge < -0.3 is 5.11 Å². The highest BCUT2D eigenvalue weighted by atomic mass is 32.1. The van der Waals surface area contributed by atoms with Crippen molar-refractivity contribution in [2.75, 3.05) is 0 Å². The summed E-state index contributed by atoms with van der Waals surface area (Å²) in [6.45, 7) is 2.13. The number of aryl methyl sites for hydroxylation is 1. The average molecular weight is 337 g/mol. The molecule has 23 heavy (non-hydrogen) atoms. The quantitative estimate of drug-likeness (QED) is 0.411. The van der Waals surface area contributed by atoms with Gasteiger partial charge in [0.2, 0.25) is 0 Å². The molecule has 1 rings (SSSR count). The zero-order chi connectivity index (χ0) is 16.9. The molecule has 5 heteroatoms. The summed E-state index contributed by atoms with van der Waals surface area (Å²) in [5, 5.41) is 8.58. The number of thiazole rings is 1. The van der Waals surface area contributed by atoms with Crippen molar-refractivity contribution in [3.63, 3.8) is 0 Å². The molecule has 0 fully saturated rings. The fraction of sp³-hybridized carbons (Fsp3) is 0.611. The number of carbonyl (C=O) groups excluding carboxylic acids is 1. The van der Waals surface area contributed by atoms with Gasteiger partial charge in [0, 0.05) is 12.8 Å². The van der Waals surface area contributed by atoms with Gasteiger partial charge in [0.1, 0.15) is 0 Å². The monoisotopic (exact) mass is 337 g/mol. The SMILES string of the molecule is CCCCCC(=O)/C=C/c1scnc1CCCCCCC(=O)O. The first-order chi connectivity index (χ1) is 11.1. The van der Waals surface area contributed by atoms with Gasteiger partial charge in [-0.1, -0.05) is 32.6 Å². The third-order valence-corrected chi connectivity index (χ3v) is 4.51. The Morgan fingerprint density at radius 3 is 2.61 bits per heavy atom. The molecule has 4 nitrogen and oxygen atoms in total. The summed E-state index contributed by atoms with van der Waals surface area (Å²) in [6.07, 6.45) is 12.3. The number of nitrogens with zero attached hydrogens (tertiary/aromatic N) is 1. The largest absolute Gasteiger partial charge is 0.481 e. The van der Waals surface area contributed by atoms with E-state index >= 15 is 0 Å². The molecule has 0 aliphatic heterocycles. The lowest BCUT2D eigenvalue weighted by Crippen LogP contribution is -1.94. The lowest BCUT2D eigenvalue weighted by Gasteiger charge is -2.00. The van der Waals surface area contributed by atoms with Gasteiger partial charge in [-0.3, -0.25) is 9.59 Å². The van der Waals surface area contributed by atoms with E-state index in [2.05, 4.69) is 11.9 Å². The smallest absolute Gasteiger partial charge is 0.303 e. The van der Waals surface area contributed by atoms with Crippen LogP contribution in [-0.2, 0) is 16.0 Å². The van der Waals surface area contributed by atoms with E-state index in [1.807, 2.05) is 11.6 Å². The van der Waals surface area contributed by atoms with Crippen LogP contribution in [0.5, 0.6) is 0 Å². The van der Waals surface area contributed by atoms with E-state index in [4.69, 9.17) is 5.11 Å². The topological polar surface area (TPSA) is 67.3 Å². The van der Waals surface area contributed by atoms with Crippen LogP contribution in [0.1, 0.15) is 75.3 Å². The minimum absolute atomic E-state index is 0.187. The number of unbranched alkanes of at least 4 members (excludes halogenated alkanes) is 5. The van der Waals surface area contributed by atoms with Crippen LogP contribution >= 0.6 is 11.3 Å². The number of rotatable bonds is 13. The molecule has 0 aromatic carbocycles. The van der Waals surface area contributed by atoms with Gasteiger partial charge in [0.05, 0.1) is 16.1 Å². The molecule has 1 heterocycles. The molecule has 0 spiro atoms. The predicted molar refractivity (Wildman–Crippen MR) is 94.7 cm³/mol. The molecule has 1 N–H and O–H groups in total. The summed E-state index contributed by atoms with van der Waals surface area (Å²) >= 11 is 1.56. The summed E-state index contributed by atoms with van der Waals surface area (Å²) in [5.74, 6) is -0.535. The van der Waals surface area contributed by atoms with Crippen molar-refractivity contribution in [1.82, 2.24) is 4.98 Å². The first kappa shape index (κ1) is 19.6. The molecular weight excluding hydrogens is 310 g/mol. The maximum Gasteiger partial charge on any atom is 0.303 e. The molecule has 0 saturated carbocycles. The number of ketones is 1. The van der Waals surface area contributed by atoms with E-state index in [0.29, 0.717) is 6.42 Å². The Morgan fingerprint density at radius 2 is 1.87 bits per heavy atom. The molecule has 0 radical (unpaired) electrons. The van der Waals surface area contributed by atoms with Gasteiger partial charge in [0.15, 0.2) is 5.78 Å². The minimum atomic E-state index is -0.722. The molecule has 0 aliphatic rings. The van der Waals surface area contributed by atoms with Crippen LogP contribution in [0, 0.1) is 0 Å². The molecule has 0 amide bonds. The Bertz CT molecular complexity index is 508. The normalized spacial score (nSPS) is 11.2. The maximum absolute atomic E-state index is 11.8. The Balaban J connectivity index is 2.29. The Morgan fingerprint density at radius 1 is 1.13 bits per heavy atom. The molecular formula is C18H27NO3S. The summed E-state index contributed by atoms with van der Waals surface area (Å²) < 4.78 is 0. The van der Waals surface area contributed by atoms with Crippen molar-refractivity contribution < 1.29 is 14.7 Å². The lowest BCUT2D eigenvalue weighted by atomic mass is 10.1. The van der Waals surface area contributed by atoms with E-state index in [0.717, 1.165) is 61.9 Å². The van der Waals surface area contributed by atoms with Crippen LogP contribution in [0.25, 0.3) is 6.08 Å². The number of allylic oxidation sites excluding steroid dienone is 1. The highest BCUT2D eigenvalue weighted by molar-refractivity contribution is 7.10. The van der Waals surface area contributed by atoms with Crippen molar-refractivity contribution >= 4 is 29.2 Å². The van der Waals surface area contributed by atoms with Crippen LogP contribution < -0.4 is 0 Å². The average Bonchev–Trinajstić information content (AvgIpc) is 2.96. The molecule has 128 valence electrons. The van der Waals surface area contributed by atoms with Gasteiger partial charge in [-0.05, 0) is 37.8 Å². The predicted octanol–water partition coefficient (Wildman–Crippen LogP) is 4.88. The van der Waals surface area contributed by atoms with Crippen LogP contribution in [0.3, 0.4) is 0 Å². The fourth-order valence-corrected chi connectivity index (χ4v) is 3.06. The maximum atomic E-state index is 11.8. The van der Waals surface area contributed by atoms with E-state index < -0.39 is 5.97 Å². The molecule has 0 bridgehead atoms. The molecule has 0 aliphatic carbocycles. The highest BCUT2D eigenvalue weighted by Gasteiger charge is 2.05. The highest BCUT2D eigenvalue weighted by Crippen LogP contribution is 2.18. The molecule has 1 aromatic heterocycles. The Kier molecular flexibility index (Phi) is 10.2. The number of carboxylic acids is 1. The molecule has 0 atom stereocenters. The Labute approximate surface area is 142 Å². The van der Waals surface area contributed by atoms with Gasteiger partial charge in [0.25, 0.3) is 0 Å². The third-order valence-electron chi connectivity index (χ3n) is 3.67. The van der Waals surface area contributed by atoms with Gasteiger partial charge in [-0.15, -0.1) is 11.3 Å². The van der Waals surface area contributed by atoms with Crippen LogP contribution in [-0.4, -0.2) is 21.8 Å². The summed E-state index contributed by atoms with van der Waals surface area (Å²) in [6, 6.07) is 0. The standard InChI is InChI=1S/C18H27NO3S/c1-2-3-6-9-15(20)12-13-17-16(19-14-23-17)10-7-4-5-8-11-18(21)22/h12-14H,2-11H2,1H3,(H,21,22)/b13-12+. The number of hydrogen-bond acceptors (Lipinski definition) is 4. The molecule has 0 unspecified atom stereocenters. The second-order valence-corrected chi connectivity index (χ2v) is 6.61. The van der Waals surface area contributed by atoms with Crippen molar-refractivity contribution in [2.24, 2.45) is 0 Å². The minimum Gasteiger partial charge on any atom is -0.481 e. The number of carboxylic acid groups (broad SMARTS) is 1. The zero-order valence-corrected chi connectivity index (χ0v) is 14.7. The van der Waals surface area contributed by atoms with E-state index in [1.165, 1.54) is 0 Å². The van der Waals surface area contributed by atoms with Gasteiger partial charge in [-0.25, -0.2) is 4.98 Å². The number of aliphatic carboxylic acids is 1. The van der Waals surface area contributed by atoms with Crippen molar-refractivity contribution in [3.8, 4) is 0 Å². The van der Waals surface area contributed by atoms with Crippen molar-refractivity contribution in [3.05, 3.63) is 22.2 Å². The Hall–Kier alpha value is -1.49.